The van der Waals surface area contributed by atoms with Gasteiger partial charge in [-0.05, 0) is 23.6 Å². The third kappa shape index (κ3) is 4.35. The normalized spacial score (nSPS) is 10.7. The summed E-state index contributed by atoms with van der Waals surface area (Å²) in [6.07, 6.45) is 0. The Morgan fingerprint density at radius 1 is 1.33 bits per heavy atom. The zero-order chi connectivity index (χ0) is 11.3. The Bertz CT molecular complexity index is 312. The molecule has 1 aromatic rings. The van der Waals surface area contributed by atoms with E-state index in [-0.39, 0.29) is 0 Å². The van der Waals surface area contributed by atoms with Crippen molar-refractivity contribution in [3.63, 3.8) is 0 Å². The Hall–Kier alpha value is -0.340. The summed E-state index contributed by atoms with van der Waals surface area (Å²) in [6.45, 7) is 8.36. The lowest BCUT2D eigenvalue weighted by molar-refractivity contribution is 0.865. The summed E-state index contributed by atoms with van der Waals surface area (Å²) in [5.74, 6) is 2.35. The van der Waals surface area contributed by atoms with Crippen LogP contribution in [0.25, 0.3) is 0 Å². The first-order valence-corrected chi connectivity index (χ1v) is 6.75. The average Bonchev–Trinajstić information content (AvgIpc) is 2.26. The van der Waals surface area contributed by atoms with Crippen LogP contribution in [0, 0.1) is 0 Å². The molecule has 0 bridgehead atoms. The largest absolute Gasteiger partial charge is 0.175 e. The lowest BCUT2D eigenvalue weighted by Crippen LogP contribution is -1.88. The summed E-state index contributed by atoms with van der Waals surface area (Å²) in [5.41, 5.74) is 2.57. The number of hydrogen-bond acceptors (Lipinski definition) is 2. The molecule has 0 saturated carbocycles. The van der Waals surface area contributed by atoms with Crippen LogP contribution >= 0.6 is 24.4 Å². The highest BCUT2D eigenvalue weighted by atomic mass is 32.2. The van der Waals surface area contributed by atoms with Crippen LogP contribution in [-0.2, 0) is 0 Å². The molecule has 82 valence electrons. The van der Waals surface area contributed by atoms with Crippen molar-refractivity contribution in [1.29, 1.82) is 0 Å². The quantitative estimate of drug-likeness (QED) is 0.451. The standard InChI is InChI=1S/C13H18S2/c1-10(2)12-4-6-13(7-5-12)15-9-11(3)8-14/h4-7,10,14H,3,8-9H2,1-2H3. The van der Waals surface area contributed by atoms with Crippen LogP contribution in [-0.4, -0.2) is 11.5 Å². The maximum atomic E-state index is 4.19. The van der Waals surface area contributed by atoms with Crippen LogP contribution in [0.1, 0.15) is 25.3 Å². The molecule has 0 heterocycles. The molecule has 0 aliphatic carbocycles. The lowest BCUT2D eigenvalue weighted by atomic mass is 10.0. The average molecular weight is 238 g/mol. The van der Waals surface area contributed by atoms with Crippen molar-refractivity contribution in [2.45, 2.75) is 24.7 Å². The van der Waals surface area contributed by atoms with E-state index in [0.29, 0.717) is 5.92 Å². The smallest absolute Gasteiger partial charge is 0.0196 e. The fraction of sp³-hybridized carbons (Fsp3) is 0.385. The van der Waals surface area contributed by atoms with E-state index < -0.39 is 0 Å². The molecule has 0 aliphatic heterocycles. The number of thiol groups is 1. The molecule has 0 unspecified atom stereocenters. The Morgan fingerprint density at radius 3 is 2.40 bits per heavy atom. The highest BCUT2D eigenvalue weighted by molar-refractivity contribution is 7.99. The van der Waals surface area contributed by atoms with Crippen LogP contribution in [0.3, 0.4) is 0 Å². The molecule has 0 atom stereocenters. The predicted octanol–water partition coefficient (Wildman–Crippen LogP) is 4.39. The fourth-order valence-electron chi connectivity index (χ4n) is 1.18. The molecule has 15 heavy (non-hydrogen) atoms. The molecule has 0 spiro atoms. The Balaban J connectivity index is 2.53. The molecule has 0 aliphatic rings. The van der Waals surface area contributed by atoms with Crippen molar-refractivity contribution >= 4 is 24.4 Å². The van der Waals surface area contributed by atoms with E-state index in [1.54, 1.807) is 0 Å². The van der Waals surface area contributed by atoms with Crippen molar-refractivity contribution in [2.24, 2.45) is 0 Å². The summed E-state index contributed by atoms with van der Waals surface area (Å²) < 4.78 is 0. The minimum Gasteiger partial charge on any atom is -0.175 e. The van der Waals surface area contributed by atoms with E-state index in [1.807, 2.05) is 11.8 Å². The van der Waals surface area contributed by atoms with Crippen molar-refractivity contribution in [1.82, 2.24) is 0 Å². The molecule has 0 radical (unpaired) electrons. The van der Waals surface area contributed by atoms with Gasteiger partial charge in [-0.2, -0.15) is 12.6 Å². The second kappa shape index (κ2) is 6.29. The minimum atomic E-state index is 0.608. The number of benzene rings is 1. The molecule has 0 saturated heterocycles. The van der Waals surface area contributed by atoms with E-state index in [2.05, 4.69) is 57.3 Å². The van der Waals surface area contributed by atoms with Gasteiger partial charge in [0.15, 0.2) is 0 Å². The van der Waals surface area contributed by atoms with Crippen molar-refractivity contribution in [3.05, 3.63) is 42.0 Å². The van der Waals surface area contributed by atoms with Gasteiger partial charge in [0.25, 0.3) is 0 Å². The summed E-state index contributed by atoms with van der Waals surface area (Å²) in [5, 5.41) is 0. The maximum Gasteiger partial charge on any atom is 0.0196 e. The van der Waals surface area contributed by atoms with E-state index in [4.69, 9.17) is 0 Å². The zero-order valence-corrected chi connectivity index (χ0v) is 11.1. The monoisotopic (exact) mass is 238 g/mol. The SMILES string of the molecule is C=C(CS)CSc1ccc(C(C)C)cc1. The van der Waals surface area contributed by atoms with Crippen molar-refractivity contribution in [3.8, 4) is 0 Å². The Morgan fingerprint density at radius 2 is 1.93 bits per heavy atom. The molecular formula is C13H18S2. The van der Waals surface area contributed by atoms with E-state index >= 15 is 0 Å². The van der Waals surface area contributed by atoms with Gasteiger partial charge < -0.3 is 0 Å². The summed E-state index contributed by atoms with van der Waals surface area (Å²) in [7, 11) is 0. The summed E-state index contributed by atoms with van der Waals surface area (Å²) in [4.78, 5) is 1.31. The number of hydrogen-bond donors (Lipinski definition) is 1. The van der Waals surface area contributed by atoms with Crippen LogP contribution in [0.2, 0.25) is 0 Å². The van der Waals surface area contributed by atoms with E-state index in [0.717, 1.165) is 11.5 Å². The third-order valence-electron chi connectivity index (χ3n) is 2.21. The zero-order valence-electron chi connectivity index (χ0n) is 9.36. The maximum absolute atomic E-state index is 4.19. The Kier molecular flexibility index (Phi) is 5.34. The summed E-state index contributed by atoms with van der Waals surface area (Å²) >= 11 is 6.02. The molecule has 0 nitrogen and oxygen atoms in total. The second-order valence-corrected chi connectivity index (χ2v) is 5.29. The van der Waals surface area contributed by atoms with Gasteiger partial charge in [0, 0.05) is 16.4 Å². The molecule has 0 amide bonds. The molecule has 0 aromatic heterocycles. The molecule has 0 N–H and O–H groups in total. The summed E-state index contributed by atoms with van der Waals surface area (Å²) in [6, 6.07) is 8.78. The van der Waals surface area contributed by atoms with Gasteiger partial charge in [-0.25, -0.2) is 0 Å². The molecule has 1 aromatic carbocycles. The van der Waals surface area contributed by atoms with Crippen LogP contribution < -0.4 is 0 Å². The first-order chi connectivity index (χ1) is 7.13. The van der Waals surface area contributed by atoms with Gasteiger partial charge in [-0.3, -0.25) is 0 Å². The molecule has 1 rings (SSSR count). The highest BCUT2D eigenvalue weighted by Gasteiger charge is 1.99. The highest BCUT2D eigenvalue weighted by Crippen LogP contribution is 2.23. The second-order valence-electron chi connectivity index (χ2n) is 3.92. The molecular weight excluding hydrogens is 220 g/mol. The van der Waals surface area contributed by atoms with Crippen LogP contribution in [0.4, 0.5) is 0 Å². The predicted molar refractivity (Wildman–Crippen MR) is 74.2 cm³/mol. The lowest BCUT2D eigenvalue weighted by Gasteiger charge is -2.07. The van der Waals surface area contributed by atoms with Gasteiger partial charge >= 0.3 is 0 Å². The first kappa shape index (κ1) is 12.7. The minimum absolute atomic E-state index is 0.608. The third-order valence-corrected chi connectivity index (χ3v) is 3.82. The Labute approximate surface area is 103 Å². The molecule has 0 fully saturated rings. The fourth-order valence-corrected chi connectivity index (χ4v) is 2.24. The van der Waals surface area contributed by atoms with Gasteiger partial charge in [0.1, 0.15) is 0 Å². The van der Waals surface area contributed by atoms with Gasteiger partial charge in [-0.15, -0.1) is 11.8 Å². The van der Waals surface area contributed by atoms with Crippen molar-refractivity contribution in [2.75, 3.05) is 11.5 Å². The van der Waals surface area contributed by atoms with E-state index in [9.17, 15) is 0 Å². The van der Waals surface area contributed by atoms with Crippen molar-refractivity contribution < 1.29 is 0 Å². The van der Waals surface area contributed by atoms with E-state index in [1.165, 1.54) is 16.0 Å². The van der Waals surface area contributed by atoms with Crippen LogP contribution in [0.15, 0.2) is 41.3 Å². The topological polar surface area (TPSA) is 0 Å². The number of thioether (sulfide) groups is 1. The van der Waals surface area contributed by atoms with Gasteiger partial charge in [0.05, 0.1) is 0 Å². The molecule has 2 heteroatoms. The van der Waals surface area contributed by atoms with Gasteiger partial charge in [-0.1, -0.05) is 38.1 Å². The van der Waals surface area contributed by atoms with Crippen LogP contribution in [0.5, 0.6) is 0 Å². The number of rotatable bonds is 5. The van der Waals surface area contributed by atoms with Gasteiger partial charge in [0.2, 0.25) is 0 Å². The first-order valence-electron chi connectivity index (χ1n) is 5.13.